The van der Waals surface area contributed by atoms with Crippen molar-refractivity contribution in [2.45, 2.75) is 13.8 Å². The summed E-state index contributed by atoms with van der Waals surface area (Å²) in [4.78, 5) is 31.7. The lowest BCUT2D eigenvalue weighted by atomic mass is 10.1. The van der Waals surface area contributed by atoms with E-state index in [1.165, 1.54) is 0 Å². The summed E-state index contributed by atoms with van der Waals surface area (Å²) < 4.78 is 0. The highest BCUT2D eigenvalue weighted by molar-refractivity contribution is 5.96. The minimum atomic E-state index is -0.146. The number of benzene rings is 2. The van der Waals surface area contributed by atoms with Gasteiger partial charge in [0, 0.05) is 21.8 Å². The summed E-state index contributed by atoms with van der Waals surface area (Å²) in [7, 11) is 0. The second kappa shape index (κ2) is 4.31. The predicted molar refractivity (Wildman–Crippen MR) is 89.7 cm³/mol. The summed E-state index contributed by atoms with van der Waals surface area (Å²) in [5.74, 6) is 0. The summed E-state index contributed by atoms with van der Waals surface area (Å²) >= 11 is 0. The summed E-state index contributed by atoms with van der Waals surface area (Å²) in [5.41, 5.74) is 3.76. The van der Waals surface area contributed by atoms with Crippen molar-refractivity contribution in [3.05, 3.63) is 68.0 Å². The molecule has 0 unspecified atom stereocenters. The van der Waals surface area contributed by atoms with Gasteiger partial charge in [-0.1, -0.05) is 23.3 Å². The lowest BCUT2D eigenvalue weighted by Crippen LogP contribution is -2.14. The molecule has 0 fully saturated rings. The highest BCUT2D eigenvalue weighted by Crippen LogP contribution is 2.17. The fourth-order valence-corrected chi connectivity index (χ4v) is 2.91. The summed E-state index contributed by atoms with van der Waals surface area (Å²) in [6.45, 7) is 3.88. The zero-order valence-corrected chi connectivity index (χ0v) is 12.3. The van der Waals surface area contributed by atoms with Gasteiger partial charge in [-0.15, -0.1) is 0 Å². The molecule has 0 saturated carbocycles. The van der Waals surface area contributed by atoms with Gasteiger partial charge in [-0.05, 0) is 38.1 Å². The van der Waals surface area contributed by atoms with E-state index in [9.17, 15) is 9.59 Å². The highest BCUT2D eigenvalue weighted by atomic mass is 16.1. The minimum absolute atomic E-state index is 0.146. The number of fused-ring (bicyclic) bond motifs is 3. The fraction of sp³-hybridized carbons (Fsp3) is 0.111. The van der Waals surface area contributed by atoms with E-state index in [0.717, 1.165) is 11.1 Å². The van der Waals surface area contributed by atoms with E-state index < -0.39 is 0 Å². The Bertz CT molecular complexity index is 1090. The Kier molecular flexibility index (Phi) is 2.51. The van der Waals surface area contributed by atoms with Crippen LogP contribution in [0.2, 0.25) is 0 Å². The minimum Gasteiger partial charge on any atom is -0.350 e. The molecule has 0 aliphatic rings. The second-order valence-electron chi connectivity index (χ2n) is 5.76. The van der Waals surface area contributed by atoms with Crippen LogP contribution in [0.25, 0.3) is 32.8 Å². The average molecular weight is 290 g/mol. The van der Waals surface area contributed by atoms with Gasteiger partial charge in [0.1, 0.15) is 11.0 Å². The maximum atomic E-state index is 12.7. The Labute approximate surface area is 125 Å². The normalized spacial score (nSPS) is 11.5. The molecule has 0 saturated heterocycles. The molecular formula is C18H14N2O2. The standard InChI is InChI=1S/C18H14N2O2/c1-9-3-5-13-11(7-9)17(21)15-16(19-13)18(22)12-8-10(2)4-6-14(12)20-15/h3-8H,1-2H3,(H,19,21)(H,20,22). The van der Waals surface area contributed by atoms with E-state index in [1.54, 1.807) is 0 Å². The van der Waals surface area contributed by atoms with Crippen LogP contribution >= 0.6 is 0 Å². The molecule has 2 aromatic heterocycles. The fourth-order valence-electron chi connectivity index (χ4n) is 2.91. The molecule has 2 heterocycles. The molecule has 22 heavy (non-hydrogen) atoms. The Morgan fingerprint density at radius 1 is 0.682 bits per heavy atom. The molecule has 0 aliphatic carbocycles. The van der Waals surface area contributed by atoms with Crippen molar-refractivity contribution in [2.75, 3.05) is 0 Å². The van der Waals surface area contributed by atoms with Gasteiger partial charge in [0.25, 0.3) is 0 Å². The zero-order chi connectivity index (χ0) is 15.4. The second-order valence-corrected chi connectivity index (χ2v) is 5.76. The first kappa shape index (κ1) is 12.8. The van der Waals surface area contributed by atoms with Crippen LogP contribution in [0.5, 0.6) is 0 Å². The molecule has 0 bridgehead atoms. The molecule has 4 heteroatoms. The number of aromatic amines is 2. The van der Waals surface area contributed by atoms with Gasteiger partial charge in [0.05, 0.1) is 0 Å². The van der Waals surface area contributed by atoms with Crippen LogP contribution in [-0.2, 0) is 0 Å². The van der Waals surface area contributed by atoms with Gasteiger partial charge in [0.15, 0.2) is 0 Å². The Morgan fingerprint density at radius 2 is 1.09 bits per heavy atom. The molecular weight excluding hydrogens is 276 g/mol. The van der Waals surface area contributed by atoms with E-state index in [-0.39, 0.29) is 10.9 Å². The topological polar surface area (TPSA) is 65.7 Å². The number of aryl methyl sites for hydroxylation is 2. The number of pyridine rings is 2. The van der Waals surface area contributed by atoms with Gasteiger partial charge >= 0.3 is 0 Å². The molecule has 0 atom stereocenters. The first-order valence-corrected chi connectivity index (χ1v) is 7.13. The third-order valence-corrected chi connectivity index (χ3v) is 4.06. The number of nitrogens with one attached hydrogen (secondary N) is 2. The third-order valence-electron chi connectivity index (χ3n) is 4.06. The summed E-state index contributed by atoms with van der Waals surface area (Å²) in [6, 6.07) is 11.2. The van der Waals surface area contributed by atoms with Crippen molar-refractivity contribution >= 4 is 32.8 Å². The number of rotatable bonds is 0. The number of hydrogen-bond donors (Lipinski definition) is 2. The zero-order valence-electron chi connectivity index (χ0n) is 12.3. The van der Waals surface area contributed by atoms with Gasteiger partial charge in [-0.2, -0.15) is 0 Å². The van der Waals surface area contributed by atoms with Crippen LogP contribution in [0.4, 0.5) is 0 Å². The number of hydrogen-bond acceptors (Lipinski definition) is 2. The monoisotopic (exact) mass is 290 g/mol. The van der Waals surface area contributed by atoms with Crippen LogP contribution in [-0.4, -0.2) is 9.97 Å². The van der Waals surface area contributed by atoms with E-state index in [4.69, 9.17) is 0 Å². The van der Waals surface area contributed by atoms with E-state index in [1.807, 2.05) is 50.2 Å². The average Bonchev–Trinajstić information content (AvgIpc) is 2.50. The molecule has 0 aliphatic heterocycles. The van der Waals surface area contributed by atoms with E-state index >= 15 is 0 Å². The SMILES string of the molecule is Cc1ccc2[nH]c3c(=O)c4cc(C)ccc4[nH]c3c(=O)c2c1. The molecule has 0 amide bonds. The Morgan fingerprint density at radius 3 is 1.50 bits per heavy atom. The quantitative estimate of drug-likeness (QED) is 0.489. The van der Waals surface area contributed by atoms with Crippen molar-refractivity contribution in [1.82, 2.24) is 9.97 Å². The van der Waals surface area contributed by atoms with Crippen molar-refractivity contribution < 1.29 is 0 Å². The first-order valence-electron chi connectivity index (χ1n) is 7.13. The van der Waals surface area contributed by atoms with Crippen LogP contribution in [0.15, 0.2) is 46.0 Å². The van der Waals surface area contributed by atoms with Crippen molar-refractivity contribution in [2.24, 2.45) is 0 Å². The largest absolute Gasteiger partial charge is 0.350 e. The summed E-state index contributed by atoms with van der Waals surface area (Å²) in [6.07, 6.45) is 0. The Balaban J connectivity index is 2.31. The number of aromatic nitrogens is 2. The van der Waals surface area contributed by atoms with Gasteiger partial charge in [-0.25, -0.2) is 0 Å². The van der Waals surface area contributed by atoms with Gasteiger partial charge in [-0.3, -0.25) is 9.59 Å². The smallest absolute Gasteiger partial charge is 0.213 e. The van der Waals surface area contributed by atoms with Crippen LogP contribution in [0.3, 0.4) is 0 Å². The molecule has 0 spiro atoms. The molecule has 2 N–H and O–H groups in total. The maximum absolute atomic E-state index is 12.7. The van der Waals surface area contributed by atoms with E-state index in [2.05, 4.69) is 9.97 Å². The van der Waals surface area contributed by atoms with Crippen LogP contribution < -0.4 is 10.9 Å². The van der Waals surface area contributed by atoms with E-state index in [0.29, 0.717) is 32.8 Å². The highest BCUT2D eigenvalue weighted by Gasteiger charge is 2.11. The molecule has 0 radical (unpaired) electrons. The van der Waals surface area contributed by atoms with Crippen molar-refractivity contribution in [3.8, 4) is 0 Å². The van der Waals surface area contributed by atoms with Crippen LogP contribution in [0, 0.1) is 13.8 Å². The lowest BCUT2D eigenvalue weighted by Gasteiger charge is -2.06. The Hall–Kier alpha value is -2.88. The molecule has 4 aromatic rings. The predicted octanol–water partition coefficient (Wildman–Crippen LogP) is 3.14. The molecule has 2 aromatic carbocycles. The van der Waals surface area contributed by atoms with Crippen molar-refractivity contribution in [3.63, 3.8) is 0 Å². The van der Waals surface area contributed by atoms with Crippen molar-refractivity contribution in [1.29, 1.82) is 0 Å². The van der Waals surface area contributed by atoms with Gasteiger partial charge < -0.3 is 9.97 Å². The molecule has 4 rings (SSSR count). The lowest BCUT2D eigenvalue weighted by molar-refractivity contribution is 1.37. The molecule has 4 nitrogen and oxygen atoms in total. The van der Waals surface area contributed by atoms with Crippen LogP contribution in [0.1, 0.15) is 11.1 Å². The third kappa shape index (κ3) is 1.70. The number of H-pyrrole nitrogens is 2. The summed E-state index contributed by atoms with van der Waals surface area (Å²) in [5, 5.41) is 1.18. The van der Waals surface area contributed by atoms with Gasteiger partial charge in [0.2, 0.25) is 10.9 Å². The maximum Gasteiger partial charge on any atom is 0.213 e. The first-order chi connectivity index (χ1) is 10.5. The molecule has 108 valence electrons.